The van der Waals surface area contributed by atoms with Gasteiger partial charge in [0.1, 0.15) is 11.2 Å². The number of nitrogens with zero attached hydrogens (tertiary/aromatic N) is 1. The molecule has 2 heterocycles. The maximum atomic E-state index is 12.9. The second kappa shape index (κ2) is 9.23. The van der Waals surface area contributed by atoms with Crippen LogP contribution in [0.15, 0.2) is 65.1 Å². The van der Waals surface area contributed by atoms with Crippen LogP contribution < -0.4 is 5.32 Å². The van der Waals surface area contributed by atoms with Crippen LogP contribution in [0.3, 0.4) is 0 Å². The van der Waals surface area contributed by atoms with Gasteiger partial charge in [0.2, 0.25) is 15.9 Å². The summed E-state index contributed by atoms with van der Waals surface area (Å²) in [5.41, 5.74) is 2.67. The second-order valence-electron chi connectivity index (χ2n) is 8.46. The van der Waals surface area contributed by atoms with Gasteiger partial charge in [0.05, 0.1) is 5.75 Å². The lowest BCUT2D eigenvalue weighted by Gasteiger charge is -2.30. The van der Waals surface area contributed by atoms with Crippen molar-refractivity contribution in [3.8, 4) is 0 Å². The van der Waals surface area contributed by atoms with E-state index in [4.69, 9.17) is 27.6 Å². The number of rotatable bonds is 5. The smallest absolute Gasteiger partial charge is 0.227 e. The van der Waals surface area contributed by atoms with Crippen LogP contribution in [0, 0.1) is 5.92 Å². The predicted molar refractivity (Wildman–Crippen MR) is 136 cm³/mol. The van der Waals surface area contributed by atoms with E-state index in [9.17, 15) is 13.2 Å². The van der Waals surface area contributed by atoms with Gasteiger partial charge in [-0.15, -0.1) is 0 Å². The summed E-state index contributed by atoms with van der Waals surface area (Å²) in [6.45, 7) is 0.572. The Hall–Kier alpha value is -2.58. The summed E-state index contributed by atoms with van der Waals surface area (Å²) in [7, 11) is -3.56. The highest BCUT2D eigenvalue weighted by Crippen LogP contribution is 2.31. The Morgan fingerprint density at radius 1 is 0.971 bits per heavy atom. The summed E-state index contributed by atoms with van der Waals surface area (Å²) in [4.78, 5) is 12.9. The van der Waals surface area contributed by atoms with E-state index in [1.54, 1.807) is 12.1 Å². The number of amides is 1. The van der Waals surface area contributed by atoms with Crippen molar-refractivity contribution >= 4 is 66.8 Å². The van der Waals surface area contributed by atoms with Crippen molar-refractivity contribution in [2.75, 3.05) is 18.4 Å². The molecule has 1 amide bonds. The molecule has 0 atom stereocenters. The van der Waals surface area contributed by atoms with Gasteiger partial charge >= 0.3 is 0 Å². The molecule has 0 aliphatic carbocycles. The van der Waals surface area contributed by atoms with Crippen molar-refractivity contribution in [3.63, 3.8) is 0 Å². The molecular weight excluding hydrogens is 495 g/mol. The van der Waals surface area contributed by atoms with Gasteiger partial charge in [-0.05, 0) is 48.7 Å². The molecule has 6 nitrogen and oxygen atoms in total. The van der Waals surface area contributed by atoms with Crippen molar-refractivity contribution < 1.29 is 17.6 Å². The van der Waals surface area contributed by atoms with E-state index in [1.165, 1.54) is 10.4 Å². The van der Waals surface area contributed by atoms with Gasteiger partial charge < -0.3 is 9.73 Å². The fourth-order valence-corrected chi connectivity index (χ4v) is 6.52. The highest BCUT2D eigenvalue weighted by Gasteiger charge is 2.31. The standard InChI is InChI=1S/C25H22Cl2N2O4S/c26-18-6-5-17(22(27)13-18)15-34(31,32)29-11-9-16(10-12-29)25(30)28-19-7-8-21-20-3-1-2-4-23(20)33-24(21)14-19/h1-8,13-14,16H,9-12,15H2,(H,28,30). The molecule has 3 aromatic carbocycles. The van der Waals surface area contributed by atoms with E-state index in [-0.39, 0.29) is 30.7 Å². The molecule has 1 saturated heterocycles. The van der Waals surface area contributed by atoms with Gasteiger partial charge in [-0.1, -0.05) is 47.5 Å². The van der Waals surface area contributed by atoms with Crippen molar-refractivity contribution in [1.29, 1.82) is 0 Å². The zero-order valence-electron chi connectivity index (χ0n) is 18.1. The predicted octanol–water partition coefficient (Wildman–Crippen LogP) is 6.07. The van der Waals surface area contributed by atoms with Gasteiger partial charge in [0, 0.05) is 51.6 Å². The molecule has 9 heteroatoms. The number of hydrogen-bond acceptors (Lipinski definition) is 4. The maximum Gasteiger partial charge on any atom is 0.227 e. The van der Waals surface area contributed by atoms with Crippen LogP contribution in [0.4, 0.5) is 5.69 Å². The number of benzene rings is 3. The Morgan fingerprint density at radius 3 is 2.47 bits per heavy atom. The second-order valence-corrected chi connectivity index (χ2v) is 11.3. The molecule has 1 aromatic heterocycles. The fraction of sp³-hybridized carbons (Fsp3) is 0.240. The first-order valence-corrected chi connectivity index (χ1v) is 13.3. The average Bonchev–Trinajstić information content (AvgIpc) is 3.19. The van der Waals surface area contributed by atoms with E-state index in [0.29, 0.717) is 39.7 Å². The molecule has 0 unspecified atom stereocenters. The van der Waals surface area contributed by atoms with Crippen molar-refractivity contribution in [2.24, 2.45) is 5.92 Å². The Bertz CT molecular complexity index is 1490. The van der Waals surface area contributed by atoms with Crippen LogP contribution in [0.5, 0.6) is 0 Å². The molecule has 1 N–H and O–H groups in total. The van der Waals surface area contributed by atoms with Crippen LogP contribution in [0.2, 0.25) is 10.0 Å². The minimum Gasteiger partial charge on any atom is -0.456 e. The normalized spacial score (nSPS) is 15.7. The molecule has 0 radical (unpaired) electrons. The minimum atomic E-state index is -3.56. The average molecular weight is 517 g/mol. The number of halogens is 2. The van der Waals surface area contributed by atoms with Crippen LogP contribution in [0.1, 0.15) is 18.4 Å². The van der Waals surface area contributed by atoms with E-state index >= 15 is 0 Å². The van der Waals surface area contributed by atoms with Crippen LogP contribution >= 0.6 is 23.2 Å². The highest BCUT2D eigenvalue weighted by atomic mass is 35.5. The molecule has 34 heavy (non-hydrogen) atoms. The zero-order valence-corrected chi connectivity index (χ0v) is 20.5. The van der Waals surface area contributed by atoms with Crippen molar-refractivity contribution in [2.45, 2.75) is 18.6 Å². The van der Waals surface area contributed by atoms with Crippen molar-refractivity contribution in [1.82, 2.24) is 4.31 Å². The monoisotopic (exact) mass is 516 g/mol. The summed E-state index contributed by atoms with van der Waals surface area (Å²) in [6, 6.07) is 18.2. The fourth-order valence-electron chi connectivity index (χ4n) is 4.37. The topological polar surface area (TPSA) is 79.6 Å². The molecule has 0 spiro atoms. The Labute approximate surface area is 207 Å². The maximum absolute atomic E-state index is 12.9. The van der Waals surface area contributed by atoms with Gasteiger partial charge in [-0.2, -0.15) is 0 Å². The number of hydrogen-bond donors (Lipinski definition) is 1. The number of anilines is 1. The summed E-state index contributed by atoms with van der Waals surface area (Å²) >= 11 is 12.0. The lowest BCUT2D eigenvalue weighted by molar-refractivity contribution is -0.120. The third kappa shape index (κ3) is 4.66. The number of piperidine rings is 1. The quantitative estimate of drug-likeness (QED) is 0.348. The third-order valence-electron chi connectivity index (χ3n) is 6.22. The van der Waals surface area contributed by atoms with Gasteiger partial charge in [0.25, 0.3) is 0 Å². The summed E-state index contributed by atoms with van der Waals surface area (Å²) < 4.78 is 33.1. The first kappa shape index (κ1) is 23.2. The highest BCUT2D eigenvalue weighted by molar-refractivity contribution is 7.88. The van der Waals surface area contributed by atoms with Crippen molar-refractivity contribution in [3.05, 3.63) is 76.3 Å². The summed E-state index contributed by atoms with van der Waals surface area (Å²) in [6.07, 6.45) is 0.901. The van der Waals surface area contributed by atoms with Gasteiger partial charge in [0.15, 0.2) is 0 Å². The number of furan rings is 1. The third-order valence-corrected chi connectivity index (χ3v) is 8.63. The number of carbonyl (C=O) groups is 1. The molecule has 5 rings (SSSR count). The number of nitrogens with one attached hydrogen (secondary N) is 1. The Morgan fingerprint density at radius 2 is 1.71 bits per heavy atom. The Balaban J connectivity index is 1.22. The van der Waals surface area contributed by atoms with E-state index in [2.05, 4.69) is 5.32 Å². The van der Waals surface area contributed by atoms with E-state index in [0.717, 1.165) is 16.4 Å². The van der Waals surface area contributed by atoms with Gasteiger partial charge in [-0.3, -0.25) is 4.79 Å². The largest absolute Gasteiger partial charge is 0.456 e. The first-order chi connectivity index (χ1) is 16.3. The molecule has 1 aliphatic rings. The summed E-state index contributed by atoms with van der Waals surface area (Å²) in [5.74, 6) is -0.581. The lowest BCUT2D eigenvalue weighted by Crippen LogP contribution is -2.41. The molecule has 1 fully saturated rings. The molecule has 1 aliphatic heterocycles. The van der Waals surface area contributed by atoms with Crippen LogP contribution in [-0.4, -0.2) is 31.7 Å². The first-order valence-electron chi connectivity index (χ1n) is 10.9. The van der Waals surface area contributed by atoms with Crippen LogP contribution in [0.25, 0.3) is 21.9 Å². The SMILES string of the molecule is O=C(Nc1ccc2c(c1)oc1ccccc12)C1CCN(S(=O)(=O)Cc2ccc(Cl)cc2Cl)CC1. The summed E-state index contributed by atoms with van der Waals surface area (Å²) in [5, 5.41) is 5.76. The number of carbonyl (C=O) groups excluding carboxylic acids is 1. The Kier molecular flexibility index (Phi) is 6.29. The molecular formula is C25H22Cl2N2O4S. The molecule has 0 bridgehead atoms. The lowest BCUT2D eigenvalue weighted by atomic mass is 9.97. The number of para-hydroxylation sites is 1. The van der Waals surface area contributed by atoms with E-state index < -0.39 is 10.0 Å². The molecule has 4 aromatic rings. The zero-order chi connectivity index (χ0) is 23.9. The number of sulfonamides is 1. The minimum absolute atomic E-state index is 0.117. The molecule has 0 saturated carbocycles. The van der Waals surface area contributed by atoms with Gasteiger partial charge in [-0.25, -0.2) is 12.7 Å². The van der Waals surface area contributed by atoms with E-state index in [1.807, 2.05) is 42.5 Å². The number of fused-ring (bicyclic) bond motifs is 3. The van der Waals surface area contributed by atoms with Crippen LogP contribution in [-0.2, 0) is 20.6 Å². The molecule has 176 valence electrons.